The molecular weight excluding hydrogens is 260 g/mol. The van der Waals surface area contributed by atoms with Crippen LogP contribution in [0.2, 0.25) is 6.04 Å². The van der Waals surface area contributed by atoms with Crippen molar-refractivity contribution in [1.82, 2.24) is 0 Å². The van der Waals surface area contributed by atoms with Gasteiger partial charge in [0.15, 0.2) is 0 Å². The molecule has 5 nitrogen and oxygen atoms in total. The Morgan fingerprint density at radius 1 is 1.00 bits per heavy atom. The van der Waals surface area contributed by atoms with Crippen LogP contribution in [-0.2, 0) is 23.1 Å². The van der Waals surface area contributed by atoms with E-state index in [-0.39, 0.29) is 0 Å². The van der Waals surface area contributed by atoms with Gasteiger partial charge in [0.1, 0.15) is 0 Å². The third-order valence-corrected chi connectivity index (χ3v) is 5.51. The molecule has 1 rings (SSSR count). The van der Waals surface area contributed by atoms with Crippen molar-refractivity contribution in [2.75, 3.05) is 40.3 Å². The van der Waals surface area contributed by atoms with Crippen LogP contribution in [0.1, 0.15) is 19.3 Å². The summed E-state index contributed by atoms with van der Waals surface area (Å²) >= 11 is 4.10. The Morgan fingerprint density at radius 3 is 1.71 bits per heavy atom. The molecule has 1 aliphatic heterocycles. The molecule has 0 N–H and O–H groups in total. The number of rotatable bonds is 6. The van der Waals surface area contributed by atoms with E-state index in [1.807, 2.05) is 0 Å². The van der Waals surface area contributed by atoms with Crippen LogP contribution in [0.3, 0.4) is 0 Å². The van der Waals surface area contributed by atoms with Crippen LogP contribution in [0.5, 0.6) is 0 Å². The molecule has 1 fully saturated rings. The second-order valence-corrected chi connectivity index (χ2v) is 7.01. The molecule has 0 spiro atoms. The maximum Gasteiger partial charge on any atom is 0.500 e. The zero-order valence-electron chi connectivity index (χ0n) is 10.9. The summed E-state index contributed by atoms with van der Waals surface area (Å²) < 4.78 is 15.6. The van der Waals surface area contributed by atoms with Crippen molar-refractivity contribution in [1.29, 1.82) is 0 Å². The first kappa shape index (κ1) is 17.4. The Bertz CT molecular complexity index is 145. The average Bonchev–Trinajstić information content (AvgIpc) is 2.44. The van der Waals surface area contributed by atoms with Crippen molar-refractivity contribution in [2.24, 2.45) is 0 Å². The monoisotopic (exact) mass is 284 g/mol. The molecule has 0 amide bonds. The topological polar surface area (TPSA) is 46.2 Å². The van der Waals surface area contributed by atoms with Crippen LogP contribution in [-0.4, -0.2) is 49.1 Å². The van der Waals surface area contributed by atoms with E-state index in [0.29, 0.717) is 0 Å². The standard InChI is InChI=1S/C6H16O3SSi.C4H8O2/c1-7-11(8-2,9-3)6-4-5-10;1-2-4-6-5-3-1/h10H,4-6H2,1-3H3;1-4H2. The first-order chi connectivity index (χ1) is 8.24. The third-order valence-electron chi connectivity index (χ3n) is 2.36. The second kappa shape index (κ2) is 11.5. The fraction of sp³-hybridized carbons (Fsp3) is 1.00. The Labute approximate surface area is 110 Å². The van der Waals surface area contributed by atoms with Gasteiger partial charge in [0.25, 0.3) is 0 Å². The first-order valence-electron chi connectivity index (χ1n) is 5.75. The van der Waals surface area contributed by atoms with Crippen LogP contribution in [0, 0.1) is 0 Å². The predicted molar refractivity (Wildman–Crippen MR) is 71.2 cm³/mol. The van der Waals surface area contributed by atoms with E-state index < -0.39 is 8.80 Å². The van der Waals surface area contributed by atoms with Crippen LogP contribution in [0.4, 0.5) is 0 Å². The lowest BCUT2D eigenvalue weighted by Gasteiger charge is -2.23. The maximum atomic E-state index is 5.20. The summed E-state index contributed by atoms with van der Waals surface area (Å²) in [5.41, 5.74) is 0. The van der Waals surface area contributed by atoms with E-state index in [9.17, 15) is 0 Å². The normalized spacial score (nSPS) is 16.2. The van der Waals surface area contributed by atoms with Gasteiger partial charge in [0, 0.05) is 27.4 Å². The van der Waals surface area contributed by atoms with Gasteiger partial charge in [-0.05, 0) is 25.0 Å². The molecule has 0 radical (unpaired) electrons. The van der Waals surface area contributed by atoms with Gasteiger partial charge in [0.05, 0.1) is 13.2 Å². The van der Waals surface area contributed by atoms with Gasteiger partial charge in [-0.15, -0.1) is 0 Å². The molecule has 0 aromatic rings. The summed E-state index contributed by atoms with van der Waals surface area (Å²) in [5, 5.41) is 0. The number of thiol groups is 1. The van der Waals surface area contributed by atoms with Crippen LogP contribution in [0.15, 0.2) is 0 Å². The molecular formula is C10H24O5SSi. The SMILES string of the molecule is C1CCOOC1.CO[Si](CCCS)(OC)OC. The van der Waals surface area contributed by atoms with Crippen molar-refractivity contribution >= 4 is 21.4 Å². The van der Waals surface area contributed by atoms with Crippen molar-refractivity contribution < 1.29 is 23.1 Å². The highest BCUT2D eigenvalue weighted by molar-refractivity contribution is 7.80. The smallest absolute Gasteiger partial charge is 0.377 e. The van der Waals surface area contributed by atoms with Gasteiger partial charge in [-0.2, -0.15) is 12.6 Å². The van der Waals surface area contributed by atoms with Gasteiger partial charge in [-0.25, -0.2) is 9.78 Å². The summed E-state index contributed by atoms with van der Waals surface area (Å²) in [4.78, 5) is 9.14. The molecule has 0 unspecified atom stereocenters. The van der Waals surface area contributed by atoms with Crippen LogP contribution < -0.4 is 0 Å². The summed E-state index contributed by atoms with van der Waals surface area (Å²) in [5.74, 6) is 0.838. The molecule has 0 saturated carbocycles. The molecule has 1 aliphatic rings. The molecule has 104 valence electrons. The molecule has 7 heteroatoms. The minimum atomic E-state index is -2.29. The molecule has 0 atom stereocenters. The van der Waals surface area contributed by atoms with Crippen LogP contribution >= 0.6 is 12.6 Å². The highest BCUT2D eigenvalue weighted by atomic mass is 32.1. The maximum absolute atomic E-state index is 5.20. The van der Waals surface area contributed by atoms with Gasteiger partial charge in [-0.3, -0.25) is 0 Å². The Kier molecular flexibility index (Phi) is 11.7. The third kappa shape index (κ3) is 8.14. The van der Waals surface area contributed by atoms with Crippen LogP contribution in [0.25, 0.3) is 0 Å². The Hall–Kier alpha value is 0.367. The van der Waals surface area contributed by atoms with E-state index in [4.69, 9.17) is 13.3 Å². The van der Waals surface area contributed by atoms with Crippen molar-refractivity contribution in [3.05, 3.63) is 0 Å². The zero-order valence-corrected chi connectivity index (χ0v) is 12.8. The molecule has 0 aliphatic carbocycles. The molecule has 17 heavy (non-hydrogen) atoms. The minimum absolute atomic E-state index is 0.778. The lowest BCUT2D eigenvalue weighted by molar-refractivity contribution is -0.312. The van der Waals surface area contributed by atoms with Gasteiger partial charge in [0.2, 0.25) is 0 Å². The Morgan fingerprint density at radius 2 is 1.47 bits per heavy atom. The van der Waals surface area contributed by atoms with Gasteiger partial charge >= 0.3 is 8.80 Å². The fourth-order valence-corrected chi connectivity index (χ4v) is 3.47. The molecule has 0 bridgehead atoms. The number of hydrogen-bond donors (Lipinski definition) is 1. The highest BCUT2D eigenvalue weighted by Gasteiger charge is 2.36. The predicted octanol–water partition coefficient (Wildman–Crippen LogP) is 1.91. The van der Waals surface area contributed by atoms with Crippen molar-refractivity contribution in [2.45, 2.75) is 25.3 Å². The number of hydrogen-bond acceptors (Lipinski definition) is 6. The van der Waals surface area contributed by atoms with E-state index in [1.165, 1.54) is 0 Å². The zero-order chi connectivity index (χ0) is 13.0. The van der Waals surface area contributed by atoms with E-state index in [0.717, 1.165) is 44.3 Å². The lowest BCUT2D eigenvalue weighted by atomic mass is 10.3. The highest BCUT2D eigenvalue weighted by Crippen LogP contribution is 2.14. The van der Waals surface area contributed by atoms with E-state index in [2.05, 4.69) is 22.4 Å². The van der Waals surface area contributed by atoms with Crippen molar-refractivity contribution in [3.63, 3.8) is 0 Å². The fourth-order valence-electron chi connectivity index (χ4n) is 1.29. The Balaban J connectivity index is 0.000000354. The first-order valence-corrected chi connectivity index (χ1v) is 8.32. The molecule has 1 heterocycles. The van der Waals surface area contributed by atoms with Crippen molar-refractivity contribution in [3.8, 4) is 0 Å². The second-order valence-electron chi connectivity index (χ2n) is 3.47. The molecule has 1 saturated heterocycles. The minimum Gasteiger partial charge on any atom is -0.377 e. The lowest BCUT2D eigenvalue weighted by Crippen LogP contribution is -2.42. The average molecular weight is 284 g/mol. The summed E-state index contributed by atoms with van der Waals surface area (Å²) in [6, 6.07) is 0.833. The molecule has 0 aromatic heterocycles. The summed E-state index contributed by atoms with van der Waals surface area (Å²) in [6.07, 6.45) is 3.27. The van der Waals surface area contributed by atoms with Gasteiger partial charge < -0.3 is 13.3 Å². The summed E-state index contributed by atoms with van der Waals surface area (Å²) in [7, 11) is 2.58. The van der Waals surface area contributed by atoms with E-state index in [1.54, 1.807) is 21.3 Å². The summed E-state index contributed by atoms with van der Waals surface area (Å²) in [6.45, 7) is 1.56. The van der Waals surface area contributed by atoms with E-state index >= 15 is 0 Å². The largest absolute Gasteiger partial charge is 0.500 e. The molecule has 0 aromatic carbocycles. The quantitative estimate of drug-likeness (QED) is 0.459. The van der Waals surface area contributed by atoms with Gasteiger partial charge in [-0.1, -0.05) is 0 Å².